The number of hydrogen-bond donors (Lipinski definition) is 3. The zero-order valence-electron chi connectivity index (χ0n) is 23.3. The first-order valence-electron chi connectivity index (χ1n) is 14.7. The Labute approximate surface area is 244 Å². The maximum atomic E-state index is 14.2. The Hall–Kier alpha value is -4.47. The molecule has 10 heteroatoms. The molecule has 2 aromatic carbocycles. The molecule has 10 nitrogen and oxygen atoms in total. The van der Waals surface area contributed by atoms with E-state index in [2.05, 4.69) is 20.6 Å². The first-order chi connectivity index (χ1) is 20.4. The Morgan fingerprint density at radius 2 is 1.83 bits per heavy atom. The van der Waals surface area contributed by atoms with Gasteiger partial charge in [-0.25, -0.2) is 14.8 Å². The van der Waals surface area contributed by atoms with Crippen LogP contribution in [0.3, 0.4) is 0 Å². The normalized spacial score (nSPS) is 28.9. The van der Waals surface area contributed by atoms with Gasteiger partial charge in [0.1, 0.15) is 23.7 Å². The molecule has 2 fully saturated rings. The first-order valence-corrected chi connectivity index (χ1v) is 14.7. The number of ether oxygens (including phenoxy) is 1. The Bertz CT molecular complexity index is 1500. The lowest BCUT2D eigenvalue weighted by molar-refractivity contribution is -0.145. The number of fused-ring (bicyclic) bond motifs is 3. The van der Waals surface area contributed by atoms with Gasteiger partial charge in [-0.3, -0.25) is 9.59 Å². The molecule has 3 aliphatic rings. The minimum atomic E-state index is -1.35. The molecular weight excluding hydrogens is 534 g/mol. The lowest BCUT2D eigenvalue weighted by Gasteiger charge is -2.30. The number of amides is 2. The number of allylic oxidation sites excluding steroid dienone is 1. The van der Waals surface area contributed by atoms with Gasteiger partial charge in [0.15, 0.2) is 0 Å². The van der Waals surface area contributed by atoms with Gasteiger partial charge in [0, 0.05) is 18.0 Å². The molecule has 3 aromatic rings. The lowest BCUT2D eigenvalue weighted by atomic mass is 10.0. The lowest BCUT2D eigenvalue weighted by Crippen LogP contribution is -2.55. The summed E-state index contributed by atoms with van der Waals surface area (Å²) in [7, 11) is 0. The number of benzene rings is 2. The molecule has 42 heavy (non-hydrogen) atoms. The van der Waals surface area contributed by atoms with Crippen LogP contribution in [0.15, 0.2) is 72.9 Å². The average molecular weight is 570 g/mol. The van der Waals surface area contributed by atoms with Crippen molar-refractivity contribution in [2.75, 3.05) is 11.9 Å². The second kappa shape index (κ2) is 11.8. The summed E-state index contributed by atoms with van der Waals surface area (Å²) in [4.78, 5) is 50.8. The predicted octanol–water partition coefficient (Wildman–Crippen LogP) is 3.94. The van der Waals surface area contributed by atoms with Crippen molar-refractivity contribution in [2.24, 2.45) is 5.92 Å². The van der Waals surface area contributed by atoms with Gasteiger partial charge in [0.05, 0.1) is 23.8 Å². The van der Waals surface area contributed by atoms with E-state index in [9.17, 15) is 19.5 Å². The zero-order valence-corrected chi connectivity index (χ0v) is 23.3. The number of para-hydroxylation sites is 3. The quantitative estimate of drug-likeness (QED) is 0.394. The number of anilines is 1. The first kappa shape index (κ1) is 27.7. The van der Waals surface area contributed by atoms with Crippen molar-refractivity contribution >= 4 is 34.5 Å². The second-order valence-corrected chi connectivity index (χ2v) is 11.4. The van der Waals surface area contributed by atoms with Crippen molar-refractivity contribution in [1.29, 1.82) is 0 Å². The molecule has 3 N–H and O–H groups in total. The summed E-state index contributed by atoms with van der Waals surface area (Å²) in [6, 6.07) is 15.6. The summed E-state index contributed by atoms with van der Waals surface area (Å²) >= 11 is 0. The van der Waals surface area contributed by atoms with Crippen LogP contribution >= 0.6 is 0 Å². The van der Waals surface area contributed by atoms with Crippen LogP contribution in [0.5, 0.6) is 5.88 Å². The molecule has 2 amide bonds. The monoisotopic (exact) mass is 569 g/mol. The van der Waals surface area contributed by atoms with Crippen molar-refractivity contribution in [1.82, 2.24) is 20.2 Å². The van der Waals surface area contributed by atoms with E-state index in [1.807, 2.05) is 66.7 Å². The number of nitrogens with one attached hydrogen (secondary N) is 2. The highest BCUT2D eigenvalue weighted by Gasteiger charge is 2.61. The van der Waals surface area contributed by atoms with E-state index >= 15 is 0 Å². The number of hydrogen-bond acceptors (Lipinski definition) is 7. The van der Waals surface area contributed by atoms with E-state index in [1.165, 1.54) is 0 Å². The van der Waals surface area contributed by atoms with E-state index in [4.69, 9.17) is 4.74 Å². The molecule has 1 aliphatic carbocycles. The number of carbonyl (C=O) groups excluding carboxylic acids is 2. The van der Waals surface area contributed by atoms with Gasteiger partial charge in [-0.05, 0) is 49.9 Å². The van der Waals surface area contributed by atoms with Gasteiger partial charge in [0.2, 0.25) is 17.7 Å². The third-order valence-electron chi connectivity index (χ3n) is 8.45. The SMILES string of the molecule is O=C1N[C@]2(C(=O)O)C[C@H]2/C=C\CCCCC[C@H](Nc2ccccc2)C(=O)N2C[C@H](Oc3cnc4ccccc4n3)C[C@@H]12. The van der Waals surface area contributed by atoms with E-state index in [-0.39, 0.29) is 24.8 Å². The fourth-order valence-electron chi connectivity index (χ4n) is 6.05. The minimum absolute atomic E-state index is 0.168. The van der Waals surface area contributed by atoms with Crippen LogP contribution in [0.2, 0.25) is 0 Å². The topological polar surface area (TPSA) is 134 Å². The molecular formula is C32H35N5O5. The smallest absolute Gasteiger partial charge is 0.330 e. The molecule has 1 saturated heterocycles. The number of aromatic nitrogens is 2. The van der Waals surface area contributed by atoms with Gasteiger partial charge in [-0.1, -0.05) is 55.3 Å². The highest BCUT2D eigenvalue weighted by Crippen LogP contribution is 2.45. The van der Waals surface area contributed by atoms with Crippen LogP contribution in [0.1, 0.15) is 44.9 Å². The van der Waals surface area contributed by atoms with Crippen LogP contribution in [0.25, 0.3) is 11.0 Å². The van der Waals surface area contributed by atoms with Crippen molar-refractivity contribution < 1.29 is 24.2 Å². The Balaban J connectivity index is 1.28. The fraction of sp³-hybridized carbons (Fsp3) is 0.406. The van der Waals surface area contributed by atoms with Gasteiger partial charge in [0.25, 0.3) is 0 Å². The molecule has 0 bridgehead atoms. The fourth-order valence-corrected chi connectivity index (χ4v) is 6.05. The van der Waals surface area contributed by atoms with Crippen molar-refractivity contribution in [3.8, 4) is 5.88 Å². The number of aliphatic carboxylic acids is 1. The number of carbonyl (C=O) groups is 3. The van der Waals surface area contributed by atoms with E-state index in [0.717, 1.165) is 36.9 Å². The van der Waals surface area contributed by atoms with Crippen LogP contribution in [-0.2, 0) is 14.4 Å². The van der Waals surface area contributed by atoms with Crippen molar-refractivity contribution in [3.63, 3.8) is 0 Å². The number of rotatable bonds is 5. The standard InChI is InChI=1S/C32H35N5O5/c38-29-27-17-23(42-28-19-33-24-14-9-10-15-25(24)35-28)20-37(27)30(39)26(34-22-12-6-4-7-13-22)16-8-3-1-2-5-11-21-18-32(21,36-29)31(40)41/h4-7,9-15,19,21,23,26-27,34H,1-3,8,16-18,20H2,(H,36,38)(H,40,41)/b11-5-/t21-,23-,26+,27+,32-/m1/s1. The van der Waals surface area contributed by atoms with Crippen LogP contribution in [0.4, 0.5) is 5.69 Å². The zero-order chi connectivity index (χ0) is 29.1. The summed E-state index contributed by atoms with van der Waals surface area (Å²) in [5, 5.41) is 16.3. The maximum absolute atomic E-state index is 14.2. The summed E-state index contributed by atoms with van der Waals surface area (Å²) in [6.45, 7) is 0.168. The second-order valence-electron chi connectivity index (χ2n) is 11.4. The van der Waals surface area contributed by atoms with Crippen molar-refractivity contribution in [3.05, 3.63) is 72.9 Å². The van der Waals surface area contributed by atoms with Crippen molar-refractivity contribution in [2.45, 2.75) is 68.7 Å². The molecule has 6 rings (SSSR count). The summed E-state index contributed by atoms with van der Waals surface area (Å²) in [5.41, 5.74) is 0.884. The number of nitrogens with zero attached hydrogens (tertiary/aromatic N) is 3. The van der Waals surface area contributed by atoms with Gasteiger partial charge in [-0.15, -0.1) is 0 Å². The molecule has 2 aliphatic heterocycles. The predicted molar refractivity (Wildman–Crippen MR) is 157 cm³/mol. The summed E-state index contributed by atoms with van der Waals surface area (Å²) in [6.07, 6.45) is 9.64. The highest BCUT2D eigenvalue weighted by molar-refractivity contribution is 5.96. The molecule has 218 valence electrons. The van der Waals surface area contributed by atoms with Gasteiger partial charge in [-0.2, -0.15) is 0 Å². The average Bonchev–Trinajstić information content (AvgIpc) is 3.53. The molecule has 0 radical (unpaired) electrons. The van der Waals surface area contributed by atoms with E-state index < -0.39 is 35.6 Å². The highest BCUT2D eigenvalue weighted by atomic mass is 16.5. The van der Waals surface area contributed by atoms with Crippen LogP contribution in [-0.4, -0.2) is 68.0 Å². The maximum Gasteiger partial charge on any atom is 0.330 e. The molecule has 3 heterocycles. The largest absolute Gasteiger partial charge is 0.479 e. The summed E-state index contributed by atoms with van der Waals surface area (Å²) < 4.78 is 6.19. The molecule has 1 saturated carbocycles. The number of carboxylic acids is 1. The minimum Gasteiger partial charge on any atom is -0.479 e. The summed E-state index contributed by atoms with van der Waals surface area (Å²) in [5.74, 6) is -1.72. The van der Waals surface area contributed by atoms with Crippen LogP contribution < -0.4 is 15.4 Å². The molecule has 0 spiro atoms. The number of carboxylic acid groups (broad SMARTS) is 1. The van der Waals surface area contributed by atoms with E-state index in [0.29, 0.717) is 24.2 Å². The van der Waals surface area contributed by atoms with E-state index in [1.54, 1.807) is 11.1 Å². The van der Waals surface area contributed by atoms with Crippen LogP contribution in [0, 0.1) is 5.92 Å². The molecule has 1 aromatic heterocycles. The van der Waals surface area contributed by atoms with Gasteiger partial charge >= 0.3 is 5.97 Å². The third kappa shape index (κ3) is 5.79. The third-order valence-corrected chi connectivity index (χ3v) is 8.45. The molecule has 5 atom stereocenters. The molecule has 0 unspecified atom stereocenters. The Kier molecular flexibility index (Phi) is 7.78. The Morgan fingerprint density at radius 3 is 2.64 bits per heavy atom. The van der Waals surface area contributed by atoms with Gasteiger partial charge < -0.3 is 25.4 Å². The Morgan fingerprint density at radius 1 is 1.05 bits per heavy atom.